The smallest absolute Gasteiger partial charge is 0.254 e. The maximum absolute atomic E-state index is 13.7. The second-order valence-electron chi connectivity index (χ2n) is 9.80. The average molecular weight is 458 g/mol. The molecule has 2 aliphatic heterocycles. The lowest BCUT2D eigenvalue weighted by Gasteiger charge is -2.44. The number of ether oxygens (including phenoxy) is 2. The van der Waals surface area contributed by atoms with E-state index in [0.29, 0.717) is 48.0 Å². The van der Waals surface area contributed by atoms with Crippen molar-refractivity contribution in [1.82, 2.24) is 14.7 Å². The number of piperidine rings is 1. The summed E-state index contributed by atoms with van der Waals surface area (Å²) >= 11 is 0. The van der Waals surface area contributed by atoms with Gasteiger partial charge < -0.3 is 19.3 Å². The number of benzene rings is 1. The molecule has 0 radical (unpaired) electrons. The van der Waals surface area contributed by atoms with Gasteiger partial charge in [0, 0.05) is 50.4 Å². The van der Waals surface area contributed by atoms with Gasteiger partial charge in [0.05, 0.1) is 20.3 Å². The van der Waals surface area contributed by atoms with E-state index in [1.807, 2.05) is 4.90 Å². The van der Waals surface area contributed by atoms with Crippen molar-refractivity contribution < 1.29 is 19.1 Å². The van der Waals surface area contributed by atoms with Gasteiger partial charge in [-0.05, 0) is 57.1 Å². The zero-order valence-electron chi connectivity index (χ0n) is 20.4. The van der Waals surface area contributed by atoms with Crippen molar-refractivity contribution in [2.45, 2.75) is 64.0 Å². The zero-order valence-corrected chi connectivity index (χ0v) is 20.4. The van der Waals surface area contributed by atoms with Gasteiger partial charge in [0.1, 0.15) is 11.5 Å². The van der Waals surface area contributed by atoms with Crippen molar-refractivity contribution in [2.24, 2.45) is 5.92 Å². The molecule has 2 heterocycles. The summed E-state index contributed by atoms with van der Waals surface area (Å²) in [5.41, 5.74) is 0.574. The third-order valence-electron chi connectivity index (χ3n) is 7.78. The third kappa shape index (κ3) is 5.29. The van der Waals surface area contributed by atoms with Crippen LogP contribution in [0.15, 0.2) is 18.2 Å². The molecule has 1 aliphatic carbocycles. The number of hydrogen-bond donors (Lipinski definition) is 0. The molecule has 4 rings (SSSR count). The Morgan fingerprint density at radius 2 is 1.45 bits per heavy atom. The van der Waals surface area contributed by atoms with Crippen molar-refractivity contribution in [3.05, 3.63) is 23.8 Å². The molecule has 3 aliphatic rings. The topological polar surface area (TPSA) is 62.3 Å². The Labute approximate surface area is 198 Å². The largest absolute Gasteiger partial charge is 0.497 e. The first-order chi connectivity index (χ1) is 16.0. The molecule has 7 nitrogen and oxygen atoms in total. The van der Waals surface area contributed by atoms with Gasteiger partial charge in [-0.3, -0.25) is 14.5 Å². The van der Waals surface area contributed by atoms with Crippen LogP contribution < -0.4 is 9.47 Å². The third-order valence-corrected chi connectivity index (χ3v) is 7.78. The second-order valence-corrected chi connectivity index (χ2v) is 9.80. The summed E-state index contributed by atoms with van der Waals surface area (Å²) < 4.78 is 10.7. The first kappa shape index (κ1) is 23.9. The Morgan fingerprint density at radius 3 is 2.03 bits per heavy atom. The summed E-state index contributed by atoms with van der Waals surface area (Å²) in [5.74, 6) is 1.97. The summed E-state index contributed by atoms with van der Waals surface area (Å²) in [6, 6.07) is 5.59. The zero-order chi connectivity index (χ0) is 23.4. The Morgan fingerprint density at radius 1 is 0.848 bits per heavy atom. The minimum Gasteiger partial charge on any atom is -0.497 e. The van der Waals surface area contributed by atoms with Crippen LogP contribution in [-0.4, -0.2) is 85.5 Å². The predicted octanol–water partition coefficient (Wildman–Crippen LogP) is 3.42. The molecular formula is C26H39N3O4. The Bertz CT molecular complexity index is 809. The van der Waals surface area contributed by atoms with Gasteiger partial charge in [0.25, 0.3) is 5.91 Å². The first-order valence-corrected chi connectivity index (χ1v) is 12.6. The van der Waals surface area contributed by atoms with E-state index in [9.17, 15) is 9.59 Å². The fourth-order valence-corrected chi connectivity index (χ4v) is 5.84. The molecular weight excluding hydrogens is 418 g/mol. The van der Waals surface area contributed by atoms with E-state index in [2.05, 4.69) is 16.7 Å². The molecule has 2 amide bonds. The van der Waals surface area contributed by atoms with Crippen molar-refractivity contribution in [1.29, 1.82) is 0 Å². The van der Waals surface area contributed by atoms with Crippen LogP contribution >= 0.6 is 0 Å². The minimum atomic E-state index is -0.0396. The number of carbonyl (C=O) groups is 2. The molecule has 0 N–H and O–H groups in total. The Balaban J connectivity index is 1.45. The molecule has 0 bridgehead atoms. The van der Waals surface area contributed by atoms with E-state index in [4.69, 9.17) is 9.47 Å². The highest BCUT2D eigenvalue weighted by molar-refractivity contribution is 5.95. The fraction of sp³-hybridized carbons (Fsp3) is 0.692. The van der Waals surface area contributed by atoms with E-state index in [1.54, 1.807) is 32.4 Å². The van der Waals surface area contributed by atoms with Crippen LogP contribution in [0.5, 0.6) is 11.5 Å². The molecule has 2 atom stereocenters. The molecule has 2 saturated heterocycles. The summed E-state index contributed by atoms with van der Waals surface area (Å²) in [6.45, 7) is 5.82. The molecule has 33 heavy (non-hydrogen) atoms. The molecule has 7 heteroatoms. The van der Waals surface area contributed by atoms with Gasteiger partial charge in [-0.15, -0.1) is 0 Å². The predicted molar refractivity (Wildman–Crippen MR) is 128 cm³/mol. The lowest BCUT2D eigenvalue weighted by atomic mass is 9.92. The molecule has 0 aromatic heterocycles. The van der Waals surface area contributed by atoms with Gasteiger partial charge in [-0.1, -0.05) is 12.8 Å². The first-order valence-electron chi connectivity index (χ1n) is 12.6. The number of amides is 2. The summed E-state index contributed by atoms with van der Waals surface area (Å²) in [6.07, 6.45) is 8.16. The highest BCUT2D eigenvalue weighted by Crippen LogP contribution is 2.33. The van der Waals surface area contributed by atoms with Crippen molar-refractivity contribution in [3.63, 3.8) is 0 Å². The van der Waals surface area contributed by atoms with Crippen LogP contribution in [0.2, 0.25) is 0 Å². The second kappa shape index (κ2) is 10.8. The van der Waals surface area contributed by atoms with E-state index < -0.39 is 0 Å². The normalized spacial score (nSPS) is 23.4. The Hall–Kier alpha value is -2.28. The van der Waals surface area contributed by atoms with E-state index >= 15 is 0 Å². The van der Waals surface area contributed by atoms with E-state index in [0.717, 1.165) is 45.3 Å². The van der Waals surface area contributed by atoms with Crippen LogP contribution in [0.4, 0.5) is 0 Å². The summed E-state index contributed by atoms with van der Waals surface area (Å²) in [4.78, 5) is 33.4. The maximum Gasteiger partial charge on any atom is 0.254 e. The summed E-state index contributed by atoms with van der Waals surface area (Å²) in [7, 11) is 3.18. The number of nitrogens with zero attached hydrogens (tertiary/aromatic N) is 3. The average Bonchev–Trinajstić information content (AvgIpc) is 3.38. The fourth-order valence-electron chi connectivity index (χ4n) is 5.84. The highest BCUT2D eigenvalue weighted by atomic mass is 16.5. The summed E-state index contributed by atoms with van der Waals surface area (Å²) in [5, 5.41) is 0. The number of likely N-dealkylation sites (tertiary alicyclic amines) is 1. The number of methoxy groups -OCH3 is 2. The lowest BCUT2D eigenvalue weighted by molar-refractivity contribution is -0.143. The van der Waals surface area contributed by atoms with Crippen LogP contribution in [0.3, 0.4) is 0 Å². The molecule has 2 unspecified atom stereocenters. The number of piperazine rings is 1. The SMILES string of the molecule is COc1cc(OC)cc(C(=O)N2CCN(C(C(=O)N3CCCCC3C)C3CCCC3)CC2)c1. The molecule has 3 fully saturated rings. The lowest BCUT2D eigenvalue weighted by Crippen LogP contribution is -2.60. The van der Waals surface area contributed by atoms with Gasteiger partial charge in [-0.25, -0.2) is 0 Å². The highest BCUT2D eigenvalue weighted by Gasteiger charge is 2.40. The molecule has 1 aromatic rings. The molecule has 1 aromatic carbocycles. The van der Waals surface area contributed by atoms with Gasteiger partial charge in [0.2, 0.25) is 5.91 Å². The van der Waals surface area contributed by atoms with Crippen molar-refractivity contribution >= 4 is 11.8 Å². The monoisotopic (exact) mass is 457 g/mol. The number of hydrogen-bond acceptors (Lipinski definition) is 5. The molecule has 0 spiro atoms. The van der Waals surface area contributed by atoms with E-state index in [-0.39, 0.29) is 11.9 Å². The van der Waals surface area contributed by atoms with Crippen LogP contribution in [-0.2, 0) is 4.79 Å². The van der Waals surface area contributed by atoms with E-state index in [1.165, 1.54) is 19.3 Å². The van der Waals surface area contributed by atoms with Gasteiger partial charge in [0.15, 0.2) is 0 Å². The van der Waals surface area contributed by atoms with Crippen LogP contribution in [0.1, 0.15) is 62.2 Å². The van der Waals surface area contributed by atoms with Crippen molar-refractivity contribution in [3.8, 4) is 11.5 Å². The molecule has 182 valence electrons. The van der Waals surface area contributed by atoms with Crippen LogP contribution in [0, 0.1) is 5.92 Å². The van der Waals surface area contributed by atoms with Crippen LogP contribution in [0.25, 0.3) is 0 Å². The quantitative estimate of drug-likeness (QED) is 0.655. The van der Waals surface area contributed by atoms with Gasteiger partial charge in [-0.2, -0.15) is 0 Å². The number of carbonyl (C=O) groups excluding carboxylic acids is 2. The standard InChI is InChI=1S/C26H39N3O4/c1-19-8-6-7-11-29(19)26(31)24(20-9-4-5-10-20)27-12-14-28(15-13-27)25(30)21-16-22(32-2)18-23(17-21)33-3/h16-20,24H,4-15H2,1-3H3. The molecule has 1 saturated carbocycles. The van der Waals surface area contributed by atoms with Gasteiger partial charge >= 0.3 is 0 Å². The Kier molecular flexibility index (Phi) is 7.78. The maximum atomic E-state index is 13.7. The number of rotatable bonds is 6. The van der Waals surface area contributed by atoms with Crippen molar-refractivity contribution in [2.75, 3.05) is 46.9 Å². The minimum absolute atomic E-state index is 0.0137.